The molecule has 3 rings (SSSR count). The Labute approximate surface area is 76.1 Å². The SMILES string of the molecule is [C]1=CN2CCc3cccc(c32)S1. The van der Waals surface area contributed by atoms with Crippen molar-refractivity contribution in [3.05, 3.63) is 35.4 Å². The largest absolute Gasteiger partial charge is 0.345 e. The number of thioether (sulfide) groups is 1. The first-order valence-corrected chi connectivity index (χ1v) is 4.91. The van der Waals surface area contributed by atoms with Gasteiger partial charge in [0.2, 0.25) is 0 Å². The van der Waals surface area contributed by atoms with E-state index in [1.165, 1.54) is 22.6 Å². The van der Waals surface area contributed by atoms with E-state index in [1.807, 2.05) is 0 Å². The Hall–Kier alpha value is -0.890. The molecule has 1 aromatic carbocycles. The molecule has 0 amide bonds. The van der Waals surface area contributed by atoms with Crippen LogP contribution in [0.3, 0.4) is 0 Å². The van der Waals surface area contributed by atoms with E-state index < -0.39 is 0 Å². The molecule has 0 fully saturated rings. The second kappa shape index (κ2) is 2.30. The molecule has 0 aliphatic carbocycles. The van der Waals surface area contributed by atoms with Crippen molar-refractivity contribution in [2.75, 3.05) is 11.4 Å². The second-order valence-corrected chi connectivity index (χ2v) is 3.94. The van der Waals surface area contributed by atoms with E-state index in [9.17, 15) is 0 Å². The minimum atomic E-state index is 1.12. The molecule has 2 aliphatic rings. The predicted octanol–water partition coefficient (Wildman–Crippen LogP) is 2.43. The summed E-state index contributed by atoms with van der Waals surface area (Å²) < 4.78 is 0. The minimum Gasteiger partial charge on any atom is -0.345 e. The van der Waals surface area contributed by atoms with Crippen LogP contribution in [0.4, 0.5) is 5.69 Å². The average molecular weight is 174 g/mol. The van der Waals surface area contributed by atoms with Gasteiger partial charge >= 0.3 is 0 Å². The standard InChI is InChI=1S/C10H8NS/c1-2-8-4-5-11-6-7-12-9(3-1)10(8)11/h1-3,6H,4-5H2. The first kappa shape index (κ1) is 6.61. The van der Waals surface area contributed by atoms with Gasteiger partial charge in [-0.25, -0.2) is 0 Å². The Morgan fingerprint density at radius 2 is 2.42 bits per heavy atom. The summed E-state index contributed by atoms with van der Waals surface area (Å²) in [6.45, 7) is 1.12. The van der Waals surface area contributed by atoms with Gasteiger partial charge in [0.05, 0.1) is 5.69 Å². The van der Waals surface area contributed by atoms with Crippen molar-refractivity contribution < 1.29 is 0 Å². The Morgan fingerprint density at radius 3 is 3.42 bits per heavy atom. The Balaban J connectivity index is 2.28. The zero-order chi connectivity index (χ0) is 7.97. The molecule has 0 bridgehead atoms. The Morgan fingerprint density at radius 1 is 1.42 bits per heavy atom. The lowest BCUT2D eigenvalue weighted by Crippen LogP contribution is -2.13. The smallest absolute Gasteiger partial charge is 0.0581 e. The number of benzene rings is 1. The minimum absolute atomic E-state index is 1.12. The van der Waals surface area contributed by atoms with Gasteiger partial charge in [-0.1, -0.05) is 23.9 Å². The van der Waals surface area contributed by atoms with Crippen LogP contribution in [0.5, 0.6) is 0 Å². The van der Waals surface area contributed by atoms with Crippen LogP contribution < -0.4 is 4.90 Å². The molecule has 0 unspecified atom stereocenters. The van der Waals surface area contributed by atoms with E-state index in [1.54, 1.807) is 11.8 Å². The molecule has 2 heteroatoms. The van der Waals surface area contributed by atoms with Crippen molar-refractivity contribution in [1.29, 1.82) is 0 Å². The van der Waals surface area contributed by atoms with Crippen LogP contribution in [-0.4, -0.2) is 6.54 Å². The number of anilines is 1. The lowest BCUT2D eigenvalue weighted by atomic mass is 10.2. The second-order valence-electron chi connectivity index (χ2n) is 3.06. The number of hydrogen-bond acceptors (Lipinski definition) is 2. The highest BCUT2D eigenvalue weighted by Crippen LogP contribution is 2.40. The number of rotatable bonds is 0. The van der Waals surface area contributed by atoms with Gasteiger partial charge in [0.1, 0.15) is 0 Å². The molecule has 12 heavy (non-hydrogen) atoms. The van der Waals surface area contributed by atoms with Gasteiger partial charge in [-0.2, -0.15) is 0 Å². The summed E-state index contributed by atoms with van der Waals surface area (Å²) in [6, 6.07) is 6.53. The fraction of sp³-hybridized carbons (Fsp3) is 0.200. The van der Waals surface area contributed by atoms with E-state index in [4.69, 9.17) is 0 Å². The summed E-state index contributed by atoms with van der Waals surface area (Å²) in [6.07, 6.45) is 3.24. The predicted molar refractivity (Wildman–Crippen MR) is 51.2 cm³/mol. The molecular formula is C10H8NS. The zero-order valence-corrected chi connectivity index (χ0v) is 7.40. The van der Waals surface area contributed by atoms with Gasteiger partial charge in [-0.3, -0.25) is 0 Å². The lowest BCUT2D eigenvalue weighted by molar-refractivity contribution is 0.986. The third-order valence-electron chi connectivity index (χ3n) is 2.37. The highest BCUT2D eigenvalue weighted by Gasteiger charge is 2.22. The molecule has 0 N–H and O–H groups in total. The maximum absolute atomic E-state index is 3.19. The molecular weight excluding hydrogens is 166 g/mol. The molecule has 1 aromatic rings. The highest BCUT2D eigenvalue weighted by atomic mass is 32.2. The molecule has 0 aromatic heterocycles. The summed E-state index contributed by atoms with van der Waals surface area (Å²) in [4.78, 5) is 3.65. The third-order valence-corrected chi connectivity index (χ3v) is 3.14. The number of para-hydroxylation sites is 1. The Kier molecular flexibility index (Phi) is 1.27. The van der Waals surface area contributed by atoms with Gasteiger partial charge in [-0.15, -0.1) is 0 Å². The molecule has 0 saturated heterocycles. The van der Waals surface area contributed by atoms with E-state index in [0.29, 0.717) is 0 Å². The van der Waals surface area contributed by atoms with Crippen LogP contribution in [0.25, 0.3) is 0 Å². The van der Waals surface area contributed by atoms with Crippen molar-refractivity contribution in [2.24, 2.45) is 0 Å². The van der Waals surface area contributed by atoms with E-state index in [0.717, 1.165) is 6.54 Å². The zero-order valence-electron chi connectivity index (χ0n) is 6.58. The molecule has 1 nitrogen and oxygen atoms in total. The van der Waals surface area contributed by atoms with Gasteiger partial charge in [0.15, 0.2) is 0 Å². The molecule has 59 valence electrons. The molecule has 1 radical (unpaired) electrons. The molecule has 0 saturated carbocycles. The first-order valence-electron chi connectivity index (χ1n) is 4.09. The third kappa shape index (κ3) is 0.758. The lowest BCUT2D eigenvalue weighted by Gasteiger charge is -2.19. The van der Waals surface area contributed by atoms with Crippen LogP contribution >= 0.6 is 11.8 Å². The van der Waals surface area contributed by atoms with E-state index in [-0.39, 0.29) is 0 Å². The summed E-state index contributed by atoms with van der Waals surface area (Å²) in [5, 5.41) is 3.19. The molecule has 0 spiro atoms. The van der Waals surface area contributed by atoms with E-state index in [2.05, 4.69) is 34.7 Å². The van der Waals surface area contributed by atoms with E-state index >= 15 is 0 Å². The molecule has 2 aliphatic heterocycles. The van der Waals surface area contributed by atoms with Crippen molar-refractivity contribution in [3.8, 4) is 0 Å². The van der Waals surface area contributed by atoms with Gasteiger partial charge in [-0.05, 0) is 18.1 Å². The maximum atomic E-state index is 3.19. The number of nitrogens with zero attached hydrogens (tertiary/aromatic N) is 1. The summed E-state index contributed by atoms with van der Waals surface area (Å²) in [5.41, 5.74) is 2.90. The van der Waals surface area contributed by atoms with Crippen LogP contribution in [0.2, 0.25) is 0 Å². The van der Waals surface area contributed by atoms with Crippen molar-refractivity contribution in [3.63, 3.8) is 0 Å². The van der Waals surface area contributed by atoms with Crippen LogP contribution in [0.1, 0.15) is 5.56 Å². The first-order chi connectivity index (χ1) is 5.95. The summed E-state index contributed by atoms with van der Waals surface area (Å²) in [5.74, 6) is 0. The highest BCUT2D eigenvalue weighted by molar-refractivity contribution is 8.01. The van der Waals surface area contributed by atoms with Crippen molar-refractivity contribution in [2.45, 2.75) is 11.3 Å². The molecule has 2 heterocycles. The van der Waals surface area contributed by atoms with Gasteiger partial charge in [0, 0.05) is 23.0 Å². The summed E-state index contributed by atoms with van der Waals surface area (Å²) in [7, 11) is 0. The van der Waals surface area contributed by atoms with Gasteiger partial charge in [0.25, 0.3) is 0 Å². The normalized spacial score (nSPS) is 18.2. The van der Waals surface area contributed by atoms with Crippen molar-refractivity contribution in [1.82, 2.24) is 0 Å². The maximum Gasteiger partial charge on any atom is 0.0581 e. The number of hydrogen-bond donors (Lipinski definition) is 0. The van der Waals surface area contributed by atoms with Crippen LogP contribution in [0, 0.1) is 5.41 Å². The molecule has 0 atom stereocenters. The average Bonchev–Trinajstić information content (AvgIpc) is 2.52. The topological polar surface area (TPSA) is 3.24 Å². The van der Waals surface area contributed by atoms with Crippen LogP contribution in [-0.2, 0) is 6.42 Å². The Bertz CT molecular complexity index is 357. The summed E-state index contributed by atoms with van der Waals surface area (Å²) >= 11 is 1.70. The fourth-order valence-corrected chi connectivity index (χ4v) is 2.61. The quantitative estimate of drug-likeness (QED) is 0.594. The fourth-order valence-electron chi connectivity index (χ4n) is 1.81. The monoisotopic (exact) mass is 174 g/mol. The van der Waals surface area contributed by atoms with Crippen molar-refractivity contribution >= 4 is 17.4 Å². The van der Waals surface area contributed by atoms with Gasteiger partial charge < -0.3 is 4.90 Å². The van der Waals surface area contributed by atoms with Crippen LogP contribution in [0.15, 0.2) is 29.3 Å².